The Morgan fingerprint density at radius 3 is 3.05 bits per heavy atom. The number of morpholine rings is 1. The van der Waals surface area contributed by atoms with Crippen molar-refractivity contribution < 1.29 is 9.15 Å². The summed E-state index contributed by atoms with van der Waals surface area (Å²) in [6.07, 6.45) is 7.46. The zero-order chi connectivity index (χ0) is 14.7. The third kappa shape index (κ3) is 3.68. The van der Waals surface area contributed by atoms with Crippen LogP contribution in [0.25, 0.3) is 0 Å². The van der Waals surface area contributed by atoms with Gasteiger partial charge in [-0.05, 0) is 18.9 Å². The first-order chi connectivity index (χ1) is 10.2. The summed E-state index contributed by atoms with van der Waals surface area (Å²) >= 11 is 0. The molecule has 0 radical (unpaired) electrons. The minimum Gasteiger partial charge on any atom is -0.468 e. The van der Waals surface area contributed by atoms with Crippen molar-refractivity contribution in [1.29, 1.82) is 0 Å². The fourth-order valence-electron chi connectivity index (χ4n) is 3.55. The molecule has 1 aromatic rings. The van der Waals surface area contributed by atoms with E-state index in [-0.39, 0.29) is 0 Å². The minimum atomic E-state index is 0.455. The van der Waals surface area contributed by atoms with Crippen LogP contribution in [0.2, 0.25) is 0 Å². The van der Waals surface area contributed by atoms with Gasteiger partial charge < -0.3 is 14.5 Å². The summed E-state index contributed by atoms with van der Waals surface area (Å²) in [6, 6.07) is 3.22. The molecule has 4 heteroatoms. The van der Waals surface area contributed by atoms with Gasteiger partial charge >= 0.3 is 0 Å². The summed E-state index contributed by atoms with van der Waals surface area (Å²) in [6.45, 7) is 8.06. The maximum Gasteiger partial charge on any atom is 0.122 e. The molecular weight excluding hydrogens is 264 g/mol. The second kappa shape index (κ2) is 6.95. The predicted molar refractivity (Wildman–Crippen MR) is 83.1 cm³/mol. The molecule has 118 valence electrons. The number of nitrogens with zero attached hydrogens (tertiary/aromatic N) is 1. The molecule has 2 unspecified atom stereocenters. The summed E-state index contributed by atoms with van der Waals surface area (Å²) < 4.78 is 11.6. The van der Waals surface area contributed by atoms with Gasteiger partial charge in [0.1, 0.15) is 5.76 Å². The van der Waals surface area contributed by atoms with Gasteiger partial charge in [-0.2, -0.15) is 0 Å². The van der Waals surface area contributed by atoms with Crippen LogP contribution in [0.5, 0.6) is 0 Å². The van der Waals surface area contributed by atoms with Gasteiger partial charge in [-0.3, -0.25) is 4.90 Å². The maximum absolute atomic E-state index is 5.96. The van der Waals surface area contributed by atoms with E-state index in [2.05, 4.69) is 30.1 Å². The van der Waals surface area contributed by atoms with E-state index in [1.807, 2.05) is 6.26 Å². The Kier molecular flexibility index (Phi) is 4.99. The Labute approximate surface area is 127 Å². The van der Waals surface area contributed by atoms with E-state index in [1.165, 1.54) is 31.2 Å². The highest BCUT2D eigenvalue weighted by Gasteiger charge is 2.34. The van der Waals surface area contributed by atoms with Crippen LogP contribution < -0.4 is 5.32 Å². The molecule has 1 aliphatic carbocycles. The fraction of sp³-hybridized carbons (Fsp3) is 0.765. The van der Waals surface area contributed by atoms with Gasteiger partial charge in [0.15, 0.2) is 0 Å². The zero-order valence-electron chi connectivity index (χ0n) is 13.3. The number of fused-ring (bicyclic) bond motifs is 1. The number of rotatable bonds is 5. The number of furan rings is 1. The highest BCUT2D eigenvalue weighted by molar-refractivity contribution is 5.17. The number of hydrogen-bond donors (Lipinski definition) is 1. The molecule has 0 spiro atoms. The normalized spacial score (nSPS) is 27.0. The van der Waals surface area contributed by atoms with Crippen molar-refractivity contribution in [2.24, 2.45) is 0 Å². The zero-order valence-corrected chi connectivity index (χ0v) is 13.3. The number of hydrogen-bond acceptors (Lipinski definition) is 4. The Morgan fingerprint density at radius 1 is 1.33 bits per heavy atom. The molecule has 0 bridgehead atoms. The van der Waals surface area contributed by atoms with Crippen LogP contribution in [0, 0.1) is 0 Å². The van der Waals surface area contributed by atoms with E-state index in [1.54, 1.807) is 0 Å². The molecule has 21 heavy (non-hydrogen) atoms. The van der Waals surface area contributed by atoms with Crippen LogP contribution >= 0.6 is 0 Å². The largest absolute Gasteiger partial charge is 0.468 e. The van der Waals surface area contributed by atoms with Gasteiger partial charge in [0.25, 0.3) is 0 Å². The molecule has 2 fully saturated rings. The Morgan fingerprint density at radius 2 is 2.19 bits per heavy atom. The molecule has 2 aliphatic rings. The first-order valence-corrected chi connectivity index (χ1v) is 8.38. The second-order valence-electron chi connectivity index (χ2n) is 6.64. The smallest absolute Gasteiger partial charge is 0.122 e. The van der Waals surface area contributed by atoms with Crippen LogP contribution in [-0.4, -0.2) is 36.2 Å². The van der Waals surface area contributed by atoms with Crippen molar-refractivity contribution in [3.8, 4) is 0 Å². The summed E-state index contributed by atoms with van der Waals surface area (Å²) in [7, 11) is 0. The first-order valence-electron chi connectivity index (χ1n) is 8.38. The van der Waals surface area contributed by atoms with E-state index < -0.39 is 0 Å². The Hall–Kier alpha value is -0.840. The van der Waals surface area contributed by atoms with Crippen molar-refractivity contribution in [1.82, 2.24) is 10.2 Å². The van der Waals surface area contributed by atoms with Crippen molar-refractivity contribution in [3.05, 3.63) is 23.7 Å². The van der Waals surface area contributed by atoms with Crippen molar-refractivity contribution >= 4 is 0 Å². The first kappa shape index (κ1) is 15.1. The van der Waals surface area contributed by atoms with Gasteiger partial charge in [-0.1, -0.05) is 26.7 Å². The molecule has 2 heterocycles. The highest BCUT2D eigenvalue weighted by atomic mass is 16.5. The van der Waals surface area contributed by atoms with E-state index >= 15 is 0 Å². The second-order valence-corrected chi connectivity index (χ2v) is 6.64. The summed E-state index contributed by atoms with van der Waals surface area (Å²) in [5.41, 5.74) is 1.33. The molecule has 1 N–H and O–H groups in total. The summed E-state index contributed by atoms with van der Waals surface area (Å²) in [4.78, 5) is 2.61. The lowest BCUT2D eigenvalue weighted by atomic mass is 9.90. The molecule has 4 nitrogen and oxygen atoms in total. The molecule has 1 saturated carbocycles. The van der Waals surface area contributed by atoms with Crippen LogP contribution in [0.3, 0.4) is 0 Å². The van der Waals surface area contributed by atoms with Crippen LogP contribution in [0.4, 0.5) is 0 Å². The van der Waals surface area contributed by atoms with E-state index in [4.69, 9.17) is 9.15 Å². The molecule has 1 aliphatic heterocycles. The predicted octanol–water partition coefficient (Wildman–Crippen LogP) is 2.92. The Balaban J connectivity index is 1.64. The Bertz CT molecular complexity index is 442. The number of nitrogens with one attached hydrogen (secondary N) is 1. The highest BCUT2D eigenvalue weighted by Crippen LogP contribution is 2.30. The fourth-order valence-corrected chi connectivity index (χ4v) is 3.55. The molecule has 3 rings (SSSR count). The lowest BCUT2D eigenvalue weighted by Gasteiger charge is -2.43. The molecular formula is C17H28N2O2. The van der Waals surface area contributed by atoms with E-state index in [0.29, 0.717) is 18.2 Å². The average molecular weight is 292 g/mol. The van der Waals surface area contributed by atoms with Crippen LogP contribution in [-0.2, 0) is 17.8 Å². The topological polar surface area (TPSA) is 37.6 Å². The van der Waals surface area contributed by atoms with Crippen molar-refractivity contribution in [2.45, 2.75) is 70.8 Å². The van der Waals surface area contributed by atoms with Gasteiger partial charge in [0, 0.05) is 30.7 Å². The standard InChI is InChI=1S/C17H28N2O2/c1-13(2)18-11-17-14(7-9-20-17)12-19-8-10-21-16-6-4-3-5-15(16)19/h7,9,13,15-16,18H,3-6,8,10-12H2,1-2H3. The van der Waals surface area contributed by atoms with Gasteiger partial charge in [-0.25, -0.2) is 0 Å². The summed E-state index contributed by atoms with van der Waals surface area (Å²) in [5, 5.41) is 3.44. The average Bonchev–Trinajstić information content (AvgIpc) is 2.93. The summed E-state index contributed by atoms with van der Waals surface area (Å²) in [5.74, 6) is 1.09. The van der Waals surface area contributed by atoms with Gasteiger partial charge in [-0.15, -0.1) is 0 Å². The molecule has 2 atom stereocenters. The van der Waals surface area contributed by atoms with E-state index in [9.17, 15) is 0 Å². The van der Waals surface area contributed by atoms with Gasteiger partial charge in [0.2, 0.25) is 0 Å². The van der Waals surface area contributed by atoms with Crippen LogP contribution in [0.1, 0.15) is 50.9 Å². The lowest BCUT2D eigenvalue weighted by molar-refractivity contribution is -0.0912. The monoisotopic (exact) mass is 292 g/mol. The van der Waals surface area contributed by atoms with E-state index in [0.717, 1.165) is 32.0 Å². The van der Waals surface area contributed by atoms with Crippen molar-refractivity contribution in [3.63, 3.8) is 0 Å². The molecule has 1 aromatic heterocycles. The number of ether oxygens (including phenoxy) is 1. The third-order valence-electron chi connectivity index (χ3n) is 4.73. The van der Waals surface area contributed by atoms with Crippen molar-refractivity contribution in [2.75, 3.05) is 13.2 Å². The minimum absolute atomic E-state index is 0.455. The molecule has 0 amide bonds. The lowest BCUT2D eigenvalue weighted by Crippen LogP contribution is -2.52. The van der Waals surface area contributed by atoms with Gasteiger partial charge in [0.05, 0.1) is 25.5 Å². The van der Waals surface area contributed by atoms with Crippen LogP contribution in [0.15, 0.2) is 16.7 Å². The maximum atomic E-state index is 5.96. The molecule has 0 aromatic carbocycles. The molecule has 1 saturated heterocycles. The SMILES string of the molecule is CC(C)NCc1occc1CN1CCOC2CCCCC21. The third-order valence-corrected chi connectivity index (χ3v) is 4.73. The quantitative estimate of drug-likeness (QED) is 0.905.